The average Bonchev–Trinajstić information content (AvgIpc) is 2.61. The molecule has 0 saturated heterocycles. The van der Waals surface area contributed by atoms with E-state index in [1.165, 1.54) is 0 Å². The molecule has 80 valence electrons. The van der Waals surface area contributed by atoms with Crippen LogP contribution < -0.4 is 0 Å². The molecule has 1 saturated carbocycles. The van der Waals surface area contributed by atoms with Gasteiger partial charge in [-0.3, -0.25) is 0 Å². The van der Waals surface area contributed by atoms with Gasteiger partial charge >= 0.3 is 10.8 Å². The molecule has 0 N–H and O–H groups in total. The second kappa shape index (κ2) is 2.97. The van der Waals surface area contributed by atoms with Gasteiger partial charge in [-0.2, -0.15) is 17.6 Å². The third kappa shape index (κ3) is 1.40. The summed E-state index contributed by atoms with van der Waals surface area (Å²) in [5, 5.41) is 0. The fraction of sp³-hybridized carbons (Fsp3) is 0.778. The van der Waals surface area contributed by atoms with Gasteiger partial charge in [-0.15, -0.1) is 0 Å². The molecular formula is C9H9BrF4. The SMILES string of the molecule is FC(F)(Br)C(F)(F)C1CC2C=CC1C2. The molecule has 2 rings (SSSR count). The topological polar surface area (TPSA) is 0 Å². The highest BCUT2D eigenvalue weighted by Gasteiger charge is 2.63. The standard InChI is InChI=1S/C9H9BrF4/c10-9(13,14)8(11,12)7-4-5-1-2-6(7)3-5/h1-2,5-7H,3-4H2. The van der Waals surface area contributed by atoms with Crippen LogP contribution in [-0.4, -0.2) is 10.8 Å². The van der Waals surface area contributed by atoms with Crippen molar-refractivity contribution in [2.24, 2.45) is 17.8 Å². The largest absolute Gasteiger partial charge is 0.363 e. The van der Waals surface area contributed by atoms with E-state index in [1.807, 2.05) is 6.08 Å². The van der Waals surface area contributed by atoms with Crippen LogP contribution in [0, 0.1) is 17.8 Å². The Labute approximate surface area is 87.5 Å². The Morgan fingerprint density at radius 2 is 1.71 bits per heavy atom. The summed E-state index contributed by atoms with van der Waals surface area (Å²) in [5.41, 5.74) is 0. The van der Waals surface area contributed by atoms with Gasteiger partial charge in [0, 0.05) is 5.92 Å². The lowest BCUT2D eigenvalue weighted by Crippen LogP contribution is -2.44. The van der Waals surface area contributed by atoms with Crippen LogP contribution in [-0.2, 0) is 0 Å². The zero-order chi connectivity index (χ0) is 10.6. The van der Waals surface area contributed by atoms with Crippen molar-refractivity contribution in [1.29, 1.82) is 0 Å². The average molecular weight is 273 g/mol. The zero-order valence-electron chi connectivity index (χ0n) is 7.19. The van der Waals surface area contributed by atoms with E-state index in [1.54, 1.807) is 22.0 Å². The van der Waals surface area contributed by atoms with Gasteiger partial charge < -0.3 is 0 Å². The minimum Gasteiger partial charge on any atom is -0.198 e. The lowest BCUT2D eigenvalue weighted by atomic mass is 9.88. The van der Waals surface area contributed by atoms with Crippen LogP contribution in [0.5, 0.6) is 0 Å². The lowest BCUT2D eigenvalue weighted by molar-refractivity contribution is -0.186. The van der Waals surface area contributed by atoms with E-state index in [9.17, 15) is 17.6 Å². The fourth-order valence-corrected chi connectivity index (χ4v) is 2.70. The second-order valence-electron chi connectivity index (χ2n) is 4.01. The molecule has 0 amide bonds. The summed E-state index contributed by atoms with van der Waals surface area (Å²) < 4.78 is 51.8. The maximum atomic E-state index is 13.3. The fourth-order valence-electron chi connectivity index (χ4n) is 2.41. The Morgan fingerprint density at radius 3 is 2.07 bits per heavy atom. The van der Waals surface area contributed by atoms with Crippen molar-refractivity contribution in [2.45, 2.75) is 23.6 Å². The molecule has 0 radical (unpaired) electrons. The number of hydrogen-bond acceptors (Lipinski definition) is 0. The number of alkyl halides is 5. The molecule has 14 heavy (non-hydrogen) atoms. The molecule has 0 aromatic rings. The van der Waals surface area contributed by atoms with Crippen LogP contribution in [0.1, 0.15) is 12.8 Å². The Kier molecular flexibility index (Phi) is 2.22. The summed E-state index contributed by atoms with van der Waals surface area (Å²) in [6.45, 7) is 0. The van der Waals surface area contributed by atoms with Gasteiger partial charge in [0.2, 0.25) is 0 Å². The number of rotatable bonds is 2. The normalized spacial score (nSPS) is 36.8. The van der Waals surface area contributed by atoms with Crippen LogP contribution in [0.2, 0.25) is 0 Å². The molecule has 2 aliphatic carbocycles. The Morgan fingerprint density at radius 1 is 1.07 bits per heavy atom. The summed E-state index contributed by atoms with van der Waals surface area (Å²) in [4.78, 5) is -4.09. The van der Waals surface area contributed by atoms with E-state index in [2.05, 4.69) is 0 Å². The Bertz CT molecular complexity index is 268. The molecule has 0 spiro atoms. The Balaban J connectivity index is 2.20. The molecule has 1 fully saturated rings. The van der Waals surface area contributed by atoms with E-state index >= 15 is 0 Å². The first-order chi connectivity index (χ1) is 6.32. The Hall–Kier alpha value is -0.0600. The molecule has 2 aliphatic rings. The smallest absolute Gasteiger partial charge is 0.198 e. The highest BCUT2D eigenvalue weighted by Crippen LogP contribution is 2.55. The third-order valence-corrected chi connectivity index (χ3v) is 3.65. The first-order valence-electron chi connectivity index (χ1n) is 4.45. The van der Waals surface area contributed by atoms with Gasteiger partial charge in [-0.25, -0.2) is 0 Å². The van der Waals surface area contributed by atoms with Crippen molar-refractivity contribution in [3.8, 4) is 0 Å². The molecule has 5 heteroatoms. The molecule has 2 bridgehead atoms. The molecule has 3 unspecified atom stereocenters. The number of halogens is 5. The van der Waals surface area contributed by atoms with Gasteiger partial charge in [0.1, 0.15) is 0 Å². The predicted molar refractivity (Wildman–Crippen MR) is 47.7 cm³/mol. The van der Waals surface area contributed by atoms with E-state index in [-0.39, 0.29) is 18.3 Å². The van der Waals surface area contributed by atoms with E-state index in [0.29, 0.717) is 6.42 Å². The molecule has 0 aromatic carbocycles. The summed E-state index contributed by atoms with van der Waals surface area (Å²) >= 11 is 1.77. The molecular weight excluding hydrogens is 264 g/mol. The van der Waals surface area contributed by atoms with Crippen molar-refractivity contribution in [3.63, 3.8) is 0 Å². The molecule has 3 atom stereocenters. The van der Waals surface area contributed by atoms with Crippen molar-refractivity contribution in [3.05, 3.63) is 12.2 Å². The molecule has 0 nitrogen and oxygen atoms in total. The number of hydrogen-bond donors (Lipinski definition) is 0. The lowest BCUT2D eigenvalue weighted by Gasteiger charge is -2.31. The van der Waals surface area contributed by atoms with Crippen LogP contribution >= 0.6 is 15.9 Å². The van der Waals surface area contributed by atoms with Crippen LogP contribution in [0.4, 0.5) is 17.6 Å². The highest BCUT2D eigenvalue weighted by atomic mass is 79.9. The van der Waals surface area contributed by atoms with Crippen molar-refractivity contribution in [2.75, 3.05) is 0 Å². The van der Waals surface area contributed by atoms with E-state index < -0.39 is 16.7 Å². The molecule has 0 aromatic heterocycles. The van der Waals surface area contributed by atoms with Crippen LogP contribution in [0.3, 0.4) is 0 Å². The quantitative estimate of drug-likeness (QED) is 0.407. The van der Waals surface area contributed by atoms with Gasteiger partial charge in [0.25, 0.3) is 0 Å². The van der Waals surface area contributed by atoms with E-state index in [0.717, 1.165) is 0 Å². The van der Waals surface area contributed by atoms with Crippen molar-refractivity contribution in [1.82, 2.24) is 0 Å². The van der Waals surface area contributed by atoms with Crippen LogP contribution in [0.15, 0.2) is 12.2 Å². The third-order valence-electron chi connectivity index (χ3n) is 3.12. The van der Waals surface area contributed by atoms with E-state index in [4.69, 9.17) is 0 Å². The minimum atomic E-state index is -4.09. The first kappa shape index (κ1) is 10.5. The van der Waals surface area contributed by atoms with Crippen molar-refractivity contribution >= 4 is 15.9 Å². The van der Waals surface area contributed by atoms with Crippen LogP contribution in [0.25, 0.3) is 0 Å². The van der Waals surface area contributed by atoms with Gasteiger partial charge in [0.15, 0.2) is 0 Å². The summed E-state index contributed by atoms with van der Waals surface area (Å²) in [5.74, 6) is -5.46. The maximum absolute atomic E-state index is 13.3. The molecule has 0 aliphatic heterocycles. The minimum absolute atomic E-state index is 0.0747. The molecule has 0 heterocycles. The maximum Gasteiger partial charge on any atom is 0.363 e. The van der Waals surface area contributed by atoms with Gasteiger partial charge in [-0.05, 0) is 40.6 Å². The number of fused-ring (bicyclic) bond motifs is 2. The van der Waals surface area contributed by atoms with Gasteiger partial charge in [-0.1, -0.05) is 12.2 Å². The summed E-state index contributed by atoms with van der Waals surface area (Å²) in [6.07, 6.45) is 4.27. The summed E-state index contributed by atoms with van der Waals surface area (Å²) in [6, 6.07) is 0. The highest BCUT2D eigenvalue weighted by molar-refractivity contribution is 9.10. The summed E-state index contributed by atoms with van der Waals surface area (Å²) in [7, 11) is 0. The first-order valence-corrected chi connectivity index (χ1v) is 5.24. The zero-order valence-corrected chi connectivity index (χ0v) is 8.78. The second-order valence-corrected chi connectivity index (χ2v) is 5.00. The van der Waals surface area contributed by atoms with Gasteiger partial charge in [0.05, 0.1) is 0 Å². The van der Waals surface area contributed by atoms with Crippen molar-refractivity contribution < 1.29 is 17.6 Å². The predicted octanol–water partition coefficient (Wildman–Crippen LogP) is 3.82. The monoisotopic (exact) mass is 272 g/mol. The number of allylic oxidation sites excluding steroid dienone is 2.